The number of hydrogen-bond donors (Lipinski definition) is 2. The SMILES string of the molecule is C#Cc1cccc(NS(=O)(=O)c2cnn(CC(=O)O)c2)c1. The number of aromatic nitrogens is 2. The number of nitrogens with one attached hydrogen (secondary N) is 1. The minimum absolute atomic E-state index is 0.130. The Morgan fingerprint density at radius 1 is 1.48 bits per heavy atom. The van der Waals surface area contributed by atoms with Crippen LogP contribution < -0.4 is 4.72 Å². The van der Waals surface area contributed by atoms with Crippen molar-refractivity contribution < 1.29 is 18.3 Å². The Morgan fingerprint density at radius 2 is 2.24 bits per heavy atom. The standard InChI is InChI=1S/C13H11N3O4S/c1-2-10-4-3-5-11(6-10)15-21(19,20)12-7-14-16(8-12)9-13(17)18/h1,3-8,15H,9H2,(H,17,18). The van der Waals surface area contributed by atoms with Crippen LogP contribution in [0.15, 0.2) is 41.6 Å². The minimum atomic E-state index is -3.85. The van der Waals surface area contributed by atoms with Gasteiger partial charge in [0.1, 0.15) is 11.4 Å². The maximum absolute atomic E-state index is 12.1. The Kier molecular flexibility index (Phi) is 3.95. The maximum atomic E-state index is 12.1. The zero-order chi connectivity index (χ0) is 15.5. The van der Waals surface area contributed by atoms with Gasteiger partial charge in [-0.05, 0) is 18.2 Å². The molecule has 0 radical (unpaired) electrons. The second-order valence-corrected chi connectivity index (χ2v) is 5.78. The second-order valence-electron chi connectivity index (χ2n) is 4.10. The summed E-state index contributed by atoms with van der Waals surface area (Å²) in [7, 11) is -3.85. The van der Waals surface area contributed by atoms with Gasteiger partial charge in [-0.3, -0.25) is 14.2 Å². The first-order valence-corrected chi connectivity index (χ1v) is 7.23. The Bertz CT molecular complexity index is 818. The fraction of sp³-hybridized carbons (Fsp3) is 0.0769. The van der Waals surface area contributed by atoms with Crippen LogP contribution in [0.2, 0.25) is 0 Å². The summed E-state index contributed by atoms with van der Waals surface area (Å²) in [6.07, 6.45) is 7.47. The largest absolute Gasteiger partial charge is 0.480 e. The van der Waals surface area contributed by atoms with E-state index in [1.165, 1.54) is 6.07 Å². The molecule has 0 aliphatic heterocycles. The van der Waals surface area contributed by atoms with Gasteiger partial charge in [0.15, 0.2) is 0 Å². The van der Waals surface area contributed by atoms with Gasteiger partial charge in [-0.15, -0.1) is 6.42 Å². The van der Waals surface area contributed by atoms with E-state index in [4.69, 9.17) is 11.5 Å². The number of rotatable bonds is 5. The summed E-state index contributed by atoms with van der Waals surface area (Å²) in [5.74, 6) is 1.29. The summed E-state index contributed by atoms with van der Waals surface area (Å²) in [5, 5.41) is 12.3. The molecular weight excluding hydrogens is 294 g/mol. The fourth-order valence-corrected chi connectivity index (χ4v) is 2.60. The van der Waals surface area contributed by atoms with Crippen molar-refractivity contribution in [2.75, 3.05) is 4.72 Å². The molecule has 0 spiro atoms. The van der Waals surface area contributed by atoms with Crippen molar-refractivity contribution in [3.05, 3.63) is 42.2 Å². The average molecular weight is 305 g/mol. The van der Waals surface area contributed by atoms with Crippen LogP contribution in [0.3, 0.4) is 0 Å². The summed E-state index contributed by atoms with van der Waals surface area (Å²) in [6.45, 7) is -0.415. The van der Waals surface area contributed by atoms with Crippen LogP contribution in [0.5, 0.6) is 0 Å². The highest BCUT2D eigenvalue weighted by Gasteiger charge is 2.17. The number of sulfonamides is 1. The van der Waals surface area contributed by atoms with Crippen molar-refractivity contribution in [1.82, 2.24) is 9.78 Å². The Morgan fingerprint density at radius 3 is 2.90 bits per heavy atom. The van der Waals surface area contributed by atoms with E-state index in [1.807, 2.05) is 0 Å². The third kappa shape index (κ3) is 3.61. The predicted molar refractivity (Wildman–Crippen MR) is 75.0 cm³/mol. The van der Waals surface area contributed by atoms with E-state index >= 15 is 0 Å². The molecule has 0 aliphatic rings. The molecule has 0 atom stereocenters. The van der Waals surface area contributed by atoms with Gasteiger partial charge in [0.05, 0.1) is 11.9 Å². The Balaban J connectivity index is 2.23. The van der Waals surface area contributed by atoms with Crippen molar-refractivity contribution in [3.8, 4) is 12.3 Å². The van der Waals surface area contributed by atoms with Crippen LogP contribution in [-0.4, -0.2) is 29.3 Å². The lowest BCUT2D eigenvalue weighted by atomic mass is 10.2. The quantitative estimate of drug-likeness (QED) is 0.794. The van der Waals surface area contributed by atoms with Crippen molar-refractivity contribution in [1.29, 1.82) is 0 Å². The van der Waals surface area contributed by atoms with Gasteiger partial charge in [0, 0.05) is 11.8 Å². The van der Waals surface area contributed by atoms with E-state index in [1.54, 1.807) is 18.2 Å². The number of benzene rings is 1. The number of nitrogens with zero attached hydrogens (tertiary/aromatic N) is 2. The smallest absolute Gasteiger partial charge is 0.325 e. The van der Waals surface area contributed by atoms with Crippen LogP contribution in [0.4, 0.5) is 5.69 Å². The highest BCUT2D eigenvalue weighted by molar-refractivity contribution is 7.92. The molecule has 0 bridgehead atoms. The number of carboxylic acid groups (broad SMARTS) is 1. The zero-order valence-corrected chi connectivity index (χ0v) is 11.5. The molecule has 21 heavy (non-hydrogen) atoms. The molecule has 1 aromatic heterocycles. The van der Waals surface area contributed by atoms with Gasteiger partial charge < -0.3 is 5.11 Å². The van der Waals surface area contributed by atoms with E-state index in [2.05, 4.69) is 15.7 Å². The lowest BCUT2D eigenvalue weighted by molar-refractivity contribution is -0.137. The first kappa shape index (κ1) is 14.6. The normalized spacial score (nSPS) is 10.8. The second kappa shape index (κ2) is 5.68. The Labute approximate surface area is 121 Å². The molecule has 1 aromatic carbocycles. The third-order valence-electron chi connectivity index (χ3n) is 2.50. The topological polar surface area (TPSA) is 101 Å². The molecular formula is C13H11N3O4S. The molecule has 1 heterocycles. The van der Waals surface area contributed by atoms with Gasteiger partial charge in [0.25, 0.3) is 10.0 Å². The summed E-state index contributed by atoms with van der Waals surface area (Å²) in [4.78, 5) is 10.4. The van der Waals surface area contributed by atoms with Gasteiger partial charge >= 0.3 is 5.97 Å². The van der Waals surface area contributed by atoms with E-state index in [0.29, 0.717) is 11.3 Å². The molecule has 0 amide bonds. The first-order valence-electron chi connectivity index (χ1n) is 5.74. The lowest BCUT2D eigenvalue weighted by Crippen LogP contribution is -2.13. The molecule has 0 saturated heterocycles. The predicted octanol–water partition coefficient (Wildman–Crippen LogP) is 0.750. The zero-order valence-electron chi connectivity index (χ0n) is 10.7. The summed E-state index contributed by atoms with van der Waals surface area (Å²) >= 11 is 0. The summed E-state index contributed by atoms with van der Waals surface area (Å²) < 4.78 is 27.6. The van der Waals surface area contributed by atoms with E-state index in [0.717, 1.165) is 17.1 Å². The van der Waals surface area contributed by atoms with Crippen LogP contribution in [0.25, 0.3) is 0 Å². The number of aliphatic carboxylic acids is 1. The molecule has 0 aliphatic carbocycles. The van der Waals surface area contributed by atoms with Crippen LogP contribution in [-0.2, 0) is 21.4 Å². The van der Waals surface area contributed by atoms with Gasteiger partial charge in [-0.1, -0.05) is 12.0 Å². The average Bonchev–Trinajstić information content (AvgIpc) is 2.87. The van der Waals surface area contributed by atoms with Crippen LogP contribution in [0, 0.1) is 12.3 Å². The molecule has 2 aromatic rings. The highest BCUT2D eigenvalue weighted by atomic mass is 32.2. The third-order valence-corrected chi connectivity index (χ3v) is 3.83. The van der Waals surface area contributed by atoms with Crippen molar-refractivity contribution >= 4 is 21.7 Å². The molecule has 2 N–H and O–H groups in total. The molecule has 8 heteroatoms. The summed E-state index contributed by atoms with van der Waals surface area (Å²) in [6, 6.07) is 6.36. The molecule has 7 nitrogen and oxygen atoms in total. The molecule has 0 saturated carbocycles. The van der Waals surface area contributed by atoms with Crippen LogP contribution >= 0.6 is 0 Å². The fourth-order valence-electron chi connectivity index (χ4n) is 1.59. The minimum Gasteiger partial charge on any atom is -0.480 e. The van der Waals surface area contributed by atoms with Crippen molar-refractivity contribution in [3.63, 3.8) is 0 Å². The van der Waals surface area contributed by atoms with Crippen LogP contribution in [0.1, 0.15) is 5.56 Å². The number of terminal acetylenes is 1. The lowest BCUT2D eigenvalue weighted by Gasteiger charge is -2.06. The van der Waals surface area contributed by atoms with Gasteiger partial charge in [-0.25, -0.2) is 8.42 Å². The number of anilines is 1. The first-order chi connectivity index (χ1) is 9.90. The monoisotopic (exact) mass is 305 g/mol. The molecule has 0 unspecified atom stereocenters. The van der Waals surface area contributed by atoms with Crippen molar-refractivity contribution in [2.45, 2.75) is 11.4 Å². The van der Waals surface area contributed by atoms with E-state index < -0.39 is 22.5 Å². The highest BCUT2D eigenvalue weighted by Crippen LogP contribution is 2.16. The Hall–Kier alpha value is -2.79. The summed E-state index contributed by atoms with van der Waals surface area (Å²) in [5.41, 5.74) is 0.855. The van der Waals surface area contributed by atoms with E-state index in [9.17, 15) is 13.2 Å². The molecule has 2 rings (SSSR count). The van der Waals surface area contributed by atoms with E-state index in [-0.39, 0.29) is 4.90 Å². The van der Waals surface area contributed by atoms with Gasteiger partial charge in [0.2, 0.25) is 0 Å². The molecule has 108 valence electrons. The van der Waals surface area contributed by atoms with Gasteiger partial charge in [-0.2, -0.15) is 5.10 Å². The molecule has 0 fully saturated rings. The van der Waals surface area contributed by atoms with Crippen molar-refractivity contribution in [2.24, 2.45) is 0 Å². The number of carbonyl (C=O) groups is 1. The number of hydrogen-bond acceptors (Lipinski definition) is 4. The number of carboxylic acids is 1. The maximum Gasteiger partial charge on any atom is 0.325 e.